The van der Waals surface area contributed by atoms with E-state index in [1.807, 2.05) is 31.2 Å². The van der Waals surface area contributed by atoms with Crippen molar-refractivity contribution < 1.29 is 14.7 Å². The normalized spacial score (nSPS) is 10.7. The third-order valence-corrected chi connectivity index (χ3v) is 3.84. The number of rotatable bonds is 7. The second-order valence-corrected chi connectivity index (χ2v) is 5.95. The zero-order valence-corrected chi connectivity index (χ0v) is 14.3. The summed E-state index contributed by atoms with van der Waals surface area (Å²) < 4.78 is 3.11. The molecule has 2 aromatic heterocycles. The number of carbonyl (C=O) groups excluding carboxylic acids is 1. The van der Waals surface area contributed by atoms with Gasteiger partial charge in [-0.25, -0.2) is 0 Å². The zero-order valence-electron chi connectivity index (χ0n) is 14.3. The van der Waals surface area contributed by atoms with Gasteiger partial charge in [0.2, 0.25) is 0 Å². The number of anilines is 1. The Hall–Kier alpha value is -3.42. The maximum absolute atomic E-state index is 12.4. The molecule has 2 N–H and O–H groups in total. The van der Waals surface area contributed by atoms with Crippen LogP contribution in [0.2, 0.25) is 0 Å². The molecule has 0 aliphatic carbocycles. The van der Waals surface area contributed by atoms with Crippen molar-refractivity contribution in [1.82, 2.24) is 19.6 Å². The van der Waals surface area contributed by atoms with Crippen molar-refractivity contribution >= 4 is 17.6 Å². The summed E-state index contributed by atoms with van der Waals surface area (Å²) in [5.74, 6) is -1.30. The average molecular weight is 353 g/mol. The Morgan fingerprint density at radius 1 is 1.15 bits per heavy atom. The molecule has 134 valence electrons. The predicted molar refractivity (Wildman–Crippen MR) is 94.9 cm³/mol. The molecule has 8 nitrogen and oxygen atoms in total. The van der Waals surface area contributed by atoms with Crippen molar-refractivity contribution in [2.75, 3.05) is 5.32 Å². The van der Waals surface area contributed by atoms with E-state index in [0.29, 0.717) is 17.9 Å². The molecule has 3 aromatic rings. The highest BCUT2D eigenvalue weighted by Crippen LogP contribution is 2.11. The molecular formula is C18H19N5O3. The molecule has 3 rings (SSSR count). The molecule has 1 amide bonds. The van der Waals surface area contributed by atoms with Gasteiger partial charge in [0.15, 0.2) is 0 Å². The van der Waals surface area contributed by atoms with E-state index in [4.69, 9.17) is 5.11 Å². The molecule has 0 saturated carbocycles. The van der Waals surface area contributed by atoms with E-state index >= 15 is 0 Å². The lowest BCUT2D eigenvalue weighted by atomic mass is 10.1. The summed E-state index contributed by atoms with van der Waals surface area (Å²) in [7, 11) is 0. The highest BCUT2D eigenvalue weighted by molar-refractivity contribution is 6.02. The molecule has 0 bridgehead atoms. The standard InChI is InChI=1S/C18H19N5O3/c1-13-2-4-14(5-3-13)11-22-12-15(10-20-22)21-18(26)16-6-8-19-23(16)9-7-17(24)25/h2-6,8,10,12H,7,9,11H2,1H3,(H,21,26)(H,24,25). The number of aliphatic carboxylic acids is 1. The Bertz CT molecular complexity index is 911. The van der Waals surface area contributed by atoms with Crippen LogP contribution in [0.25, 0.3) is 0 Å². The number of carboxylic acids is 1. The SMILES string of the molecule is Cc1ccc(Cn2cc(NC(=O)c3ccnn3CCC(=O)O)cn2)cc1. The number of benzene rings is 1. The summed E-state index contributed by atoms with van der Waals surface area (Å²) in [5.41, 5.74) is 3.18. The fraction of sp³-hybridized carbons (Fsp3) is 0.222. The van der Waals surface area contributed by atoms with Crippen molar-refractivity contribution in [3.63, 3.8) is 0 Å². The monoisotopic (exact) mass is 353 g/mol. The molecular weight excluding hydrogens is 334 g/mol. The van der Waals surface area contributed by atoms with Gasteiger partial charge in [0.05, 0.1) is 31.4 Å². The Morgan fingerprint density at radius 2 is 1.92 bits per heavy atom. The molecule has 2 heterocycles. The van der Waals surface area contributed by atoms with E-state index in [-0.39, 0.29) is 18.9 Å². The van der Waals surface area contributed by atoms with E-state index in [2.05, 4.69) is 15.5 Å². The fourth-order valence-corrected chi connectivity index (χ4v) is 2.50. The van der Waals surface area contributed by atoms with Crippen molar-refractivity contribution in [3.05, 3.63) is 65.7 Å². The van der Waals surface area contributed by atoms with E-state index in [1.54, 1.807) is 23.1 Å². The number of hydrogen-bond acceptors (Lipinski definition) is 4. The minimum absolute atomic E-state index is 0.101. The number of aromatic nitrogens is 4. The summed E-state index contributed by atoms with van der Waals surface area (Å²) in [6.45, 7) is 2.77. The van der Waals surface area contributed by atoms with Gasteiger partial charge in [0, 0.05) is 12.4 Å². The van der Waals surface area contributed by atoms with Crippen LogP contribution in [-0.4, -0.2) is 36.5 Å². The van der Waals surface area contributed by atoms with Gasteiger partial charge in [-0.05, 0) is 18.6 Å². The van der Waals surface area contributed by atoms with Gasteiger partial charge in [0.1, 0.15) is 5.69 Å². The summed E-state index contributed by atoms with van der Waals surface area (Å²) in [6.07, 6.45) is 4.69. The number of aryl methyl sites for hydroxylation is 2. The summed E-state index contributed by atoms with van der Waals surface area (Å²) >= 11 is 0. The number of carbonyl (C=O) groups is 2. The van der Waals surface area contributed by atoms with Crippen LogP contribution in [-0.2, 0) is 17.9 Å². The lowest BCUT2D eigenvalue weighted by Gasteiger charge is -2.06. The third kappa shape index (κ3) is 4.35. The maximum Gasteiger partial charge on any atom is 0.305 e. The van der Waals surface area contributed by atoms with Crippen LogP contribution in [0.4, 0.5) is 5.69 Å². The van der Waals surface area contributed by atoms with Crippen molar-refractivity contribution in [3.8, 4) is 0 Å². The second-order valence-electron chi connectivity index (χ2n) is 5.95. The molecule has 0 atom stereocenters. The first-order chi connectivity index (χ1) is 12.5. The summed E-state index contributed by atoms with van der Waals surface area (Å²) in [4.78, 5) is 23.1. The molecule has 0 aliphatic rings. The van der Waals surface area contributed by atoms with Gasteiger partial charge in [-0.15, -0.1) is 0 Å². The molecule has 26 heavy (non-hydrogen) atoms. The minimum atomic E-state index is -0.941. The number of nitrogens with one attached hydrogen (secondary N) is 1. The van der Waals surface area contributed by atoms with Crippen molar-refractivity contribution in [2.24, 2.45) is 0 Å². The van der Waals surface area contributed by atoms with E-state index in [0.717, 1.165) is 5.56 Å². The first-order valence-corrected chi connectivity index (χ1v) is 8.14. The number of amides is 1. The Kier molecular flexibility index (Phi) is 5.12. The molecule has 0 aliphatic heterocycles. The van der Waals surface area contributed by atoms with Crippen LogP contribution in [0.15, 0.2) is 48.9 Å². The summed E-state index contributed by atoms with van der Waals surface area (Å²) in [6, 6.07) is 9.71. The Morgan fingerprint density at radius 3 is 2.65 bits per heavy atom. The summed E-state index contributed by atoms with van der Waals surface area (Å²) in [5, 5.41) is 19.8. The van der Waals surface area contributed by atoms with Gasteiger partial charge in [-0.1, -0.05) is 29.8 Å². The second kappa shape index (κ2) is 7.64. The van der Waals surface area contributed by atoms with Crippen LogP contribution >= 0.6 is 0 Å². The molecule has 0 fully saturated rings. The third-order valence-electron chi connectivity index (χ3n) is 3.84. The first-order valence-electron chi connectivity index (χ1n) is 8.14. The highest BCUT2D eigenvalue weighted by atomic mass is 16.4. The molecule has 0 spiro atoms. The highest BCUT2D eigenvalue weighted by Gasteiger charge is 2.14. The Balaban J connectivity index is 1.64. The number of nitrogens with zero attached hydrogens (tertiary/aromatic N) is 4. The van der Waals surface area contributed by atoms with Crippen LogP contribution in [0.5, 0.6) is 0 Å². The zero-order chi connectivity index (χ0) is 18.5. The average Bonchev–Trinajstić information content (AvgIpc) is 3.24. The van der Waals surface area contributed by atoms with Crippen LogP contribution in [0, 0.1) is 6.92 Å². The van der Waals surface area contributed by atoms with Gasteiger partial charge < -0.3 is 10.4 Å². The number of carboxylic acid groups (broad SMARTS) is 1. The van der Waals surface area contributed by atoms with Crippen LogP contribution in [0.1, 0.15) is 28.0 Å². The molecule has 0 radical (unpaired) electrons. The topological polar surface area (TPSA) is 102 Å². The smallest absolute Gasteiger partial charge is 0.305 e. The lowest BCUT2D eigenvalue weighted by molar-refractivity contribution is -0.137. The quantitative estimate of drug-likeness (QED) is 0.678. The van der Waals surface area contributed by atoms with Gasteiger partial charge in [0.25, 0.3) is 5.91 Å². The maximum atomic E-state index is 12.4. The molecule has 0 saturated heterocycles. The molecule has 8 heteroatoms. The van der Waals surface area contributed by atoms with Gasteiger partial charge >= 0.3 is 5.97 Å². The van der Waals surface area contributed by atoms with E-state index in [1.165, 1.54) is 16.4 Å². The lowest BCUT2D eigenvalue weighted by Crippen LogP contribution is -2.18. The van der Waals surface area contributed by atoms with E-state index < -0.39 is 5.97 Å². The minimum Gasteiger partial charge on any atom is -0.481 e. The molecule has 0 unspecified atom stereocenters. The predicted octanol–water partition coefficient (Wildman–Crippen LogP) is 2.16. The van der Waals surface area contributed by atoms with E-state index in [9.17, 15) is 9.59 Å². The first kappa shape index (κ1) is 17.4. The molecule has 1 aromatic carbocycles. The van der Waals surface area contributed by atoms with Gasteiger partial charge in [-0.2, -0.15) is 10.2 Å². The Labute approximate surface area is 150 Å². The van der Waals surface area contributed by atoms with Crippen molar-refractivity contribution in [1.29, 1.82) is 0 Å². The largest absolute Gasteiger partial charge is 0.481 e. The van der Waals surface area contributed by atoms with Gasteiger partial charge in [-0.3, -0.25) is 19.0 Å². The van der Waals surface area contributed by atoms with Crippen LogP contribution in [0.3, 0.4) is 0 Å². The fourth-order valence-electron chi connectivity index (χ4n) is 2.50. The van der Waals surface area contributed by atoms with Crippen LogP contribution < -0.4 is 5.32 Å². The number of hydrogen-bond donors (Lipinski definition) is 2. The van der Waals surface area contributed by atoms with Crippen molar-refractivity contribution in [2.45, 2.75) is 26.4 Å².